The zero-order valence-corrected chi connectivity index (χ0v) is 8.83. The minimum absolute atomic E-state index is 1.06. The maximum Gasteiger partial charge on any atom is 0.0497 e. The first-order valence-corrected chi connectivity index (χ1v) is 5.61. The summed E-state index contributed by atoms with van der Waals surface area (Å²) in [7, 11) is 0. The summed E-state index contributed by atoms with van der Waals surface area (Å²) in [4.78, 5) is 3.54. The molecule has 1 nitrogen and oxygen atoms in total. The number of rotatable bonds is 0. The molecule has 1 heteroatoms. The number of fused-ring (bicyclic) bond motifs is 4. The number of nitrogens with one attached hydrogen (secondary N) is 1. The van der Waals surface area contributed by atoms with Crippen LogP contribution in [-0.2, 0) is 6.42 Å². The van der Waals surface area contributed by atoms with E-state index >= 15 is 0 Å². The van der Waals surface area contributed by atoms with Crippen LogP contribution in [0.25, 0.3) is 22.5 Å². The minimum Gasteiger partial charge on any atom is -0.354 e. The lowest BCUT2D eigenvalue weighted by atomic mass is 10.1. The van der Waals surface area contributed by atoms with Gasteiger partial charge in [-0.15, -0.1) is 0 Å². The summed E-state index contributed by atoms with van der Waals surface area (Å²) >= 11 is 0. The van der Waals surface area contributed by atoms with Gasteiger partial charge in [-0.05, 0) is 28.8 Å². The number of hydrogen-bond acceptors (Lipinski definition) is 0. The highest BCUT2D eigenvalue weighted by Gasteiger charge is 2.20. The van der Waals surface area contributed by atoms with E-state index in [9.17, 15) is 0 Å². The van der Waals surface area contributed by atoms with Crippen LogP contribution in [0.4, 0.5) is 0 Å². The van der Waals surface area contributed by atoms with E-state index in [4.69, 9.17) is 0 Å². The van der Waals surface area contributed by atoms with Crippen LogP contribution in [0.1, 0.15) is 11.1 Å². The lowest BCUT2D eigenvalue weighted by Gasteiger charge is -2.06. The molecule has 2 aliphatic carbocycles. The molecule has 0 fully saturated rings. The second-order valence-corrected chi connectivity index (χ2v) is 4.40. The molecule has 1 N–H and O–H groups in total. The lowest BCUT2D eigenvalue weighted by molar-refractivity contribution is 1.23. The van der Waals surface area contributed by atoms with E-state index in [1.807, 2.05) is 0 Å². The Morgan fingerprint density at radius 3 is 2.81 bits per heavy atom. The second kappa shape index (κ2) is 2.76. The highest BCUT2D eigenvalue weighted by Crippen LogP contribution is 2.38. The topological polar surface area (TPSA) is 15.8 Å². The number of hydrogen-bond donors (Lipinski definition) is 1. The van der Waals surface area contributed by atoms with Gasteiger partial charge in [-0.1, -0.05) is 36.4 Å². The molecule has 1 aromatic rings. The van der Waals surface area contributed by atoms with Crippen LogP contribution in [-0.4, -0.2) is 4.98 Å². The van der Waals surface area contributed by atoms with E-state index in [1.54, 1.807) is 0 Å². The van der Waals surface area contributed by atoms with Crippen LogP contribution in [0.3, 0.4) is 0 Å². The normalized spacial score (nSPS) is 12.8. The standard InChI is InChI=1S/C15H11N/c1-2-6-13-10(4-1)8-12-9-11-5-3-7-14(11)16-15(12)13/h1-7,9,16H,8H2. The maximum atomic E-state index is 3.54. The number of pyridine rings is 1. The molecule has 0 unspecified atom stereocenters. The van der Waals surface area contributed by atoms with Crippen molar-refractivity contribution in [2.24, 2.45) is 0 Å². The smallest absolute Gasteiger partial charge is 0.0497 e. The fourth-order valence-corrected chi connectivity index (χ4v) is 2.65. The molecule has 0 amide bonds. The van der Waals surface area contributed by atoms with Crippen molar-refractivity contribution in [3.05, 3.63) is 59.7 Å². The molecule has 3 aliphatic rings. The van der Waals surface area contributed by atoms with Gasteiger partial charge >= 0.3 is 0 Å². The number of aromatic nitrogens is 1. The molecule has 0 aromatic heterocycles. The van der Waals surface area contributed by atoms with Gasteiger partial charge in [0, 0.05) is 23.4 Å². The van der Waals surface area contributed by atoms with Crippen molar-refractivity contribution < 1.29 is 0 Å². The molecule has 16 heavy (non-hydrogen) atoms. The number of benzene rings is 1. The molecule has 1 heterocycles. The molecule has 0 bridgehead atoms. The van der Waals surface area contributed by atoms with Crippen molar-refractivity contribution >= 4 is 0 Å². The zero-order valence-electron chi connectivity index (χ0n) is 8.83. The van der Waals surface area contributed by atoms with Gasteiger partial charge in [0.25, 0.3) is 0 Å². The molecule has 1 aliphatic heterocycles. The Hall–Kier alpha value is -2.02. The predicted molar refractivity (Wildman–Crippen MR) is 65.7 cm³/mol. The van der Waals surface area contributed by atoms with Crippen LogP contribution in [0.15, 0.2) is 48.5 Å². The molecule has 0 radical (unpaired) electrons. The monoisotopic (exact) mass is 205 g/mol. The lowest BCUT2D eigenvalue weighted by Crippen LogP contribution is -1.88. The molecule has 0 spiro atoms. The van der Waals surface area contributed by atoms with Gasteiger partial charge in [-0.25, -0.2) is 0 Å². The molecule has 0 saturated heterocycles. The van der Waals surface area contributed by atoms with E-state index in [2.05, 4.69) is 53.5 Å². The van der Waals surface area contributed by atoms with E-state index < -0.39 is 0 Å². The summed E-state index contributed by atoms with van der Waals surface area (Å²) in [5.41, 5.74) is 8.05. The number of H-pyrrole nitrogens is 1. The van der Waals surface area contributed by atoms with Crippen LogP contribution < -0.4 is 0 Å². The highest BCUT2D eigenvalue weighted by molar-refractivity contribution is 5.78. The van der Waals surface area contributed by atoms with Crippen molar-refractivity contribution in [3.8, 4) is 22.5 Å². The average molecular weight is 205 g/mol. The number of aromatic amines is 1. The van der Waals surface area contributed by atoms with Crippen molar-refractivity contribution in [3.63, 3.8) is 0 Å². The summed E-state index contributed by atoms with van der Waals surface area (Å²) in [5.74, 6) is 0. The quantitative estimate of drug-likeness (QED) is 0.450. The Bertz CT molecular complexity index is 648. The third-order valence-corrected chi connectivity index (χ3v) is 3.43. The van der Waals surface area contributed by atoms with Gasteiger partial charge in [-0.3, -0.25) is 0 Å². The summed E-state index contributed by atoms with van der Waals surface area (Å²) < 4.78 is 0. The van der Waals surface area contributed by atoms with Gasteiger partial charge in [0.15, 0.2) is 0 Å². The molecule has 0 atom stereocenters. The first-order chi connectivity index (χ1) is 7.92. The molecular weight excluding hydrogens is 194 g/mol. The minimum atomic E-state index is 1.06. The van der Waals surface area contributed by atoms with Gasteiger partial charge in [0.2, 0.25) is 0 Å². The Morgan fingerprint density at radius 2 is 1.81 bits per heavy atom. The molecular formula is C15H11N. The average Bonchev–Trinajstić information content (AvgIpc) is 2.88. The van der Waals surface area contributed by atoms with Crippen LogP contribution in [0, 0.1) is 0 Å². The highest BCUT2D eigenvalue weighted by atomic mass is 14.7. The largest absolute Gasteiger partial charge is 0.354 e. The first-order valence-electron chi connectivity index (χ1n) is 5.61. The van der Waals surface area contributed by atoms with Crippen molar-refractivity contribution in [1.29, 1.82) is 0 Å². The summed E-state index contributed by atoms with van der Waals surface area (Å²) in [6, 6.07) is 17.3. The van der Waals surface area contributed by atoms with Crippen molar-refractivity contribution in [1.82, 2.24) is 4.98 Å². The van der Waals surface area contributed by atoms with Gasteiger partial charge in [0.1, 0.15) is 0 Å². The molecule has 4 rings (SSSR count). The van der Waals surface area contributed by atoms with Crippen molar-refractivity contribution in [2.75, 3.05) is 0 Å². The van der Waals surface area contributed by atoms with Gasteiger partial charge < -0.3 is 4.98 Å². The van der Waals surface area contributed by atoms with E-state index in [0.717, 1.165) is 6.42 Å². The van der Waals surface area contributed by atoms with E-state index in [0.29, 0.717) is 0 Å². The van der Waals surface area contributed by atoms with Crippen LogP contribution in [0.5, 0.6) is 0 Å². The fourth-order valence-electron chi connectivity index (χ4n) is 2.65. The van der Waals surface area contributed by atoms with Gasteiger partial charge in [-0.2, -0.15) is 0 Å². The fraction of sp³-hybridized carbons (Fsp3) is 0.0667. The third kappa shape index (κ3) is 0.951. The Kier molecular flexibility index (Phi) is 1.41. The van der Waals surface area contributed by atoms with Crippen LogP contribution >= 0.6 is 0 Å². The Balaban J connectivity index is 2.07. The van der Waals surface area contributed by atoms with Crippen LogP contribution in [0.2, 0.25) is 0 Å². The van der Waals surface area contributed by atoms with Crippen molar-refractivity contribution in [2.45, 2.75) is 6.42 Å². The first kappa shape index (κ1) is 8.17. The van der Waals surface area contributed by atoms with Gasteiger partial charge in [0.05, 0.1) is 0 Å². The van der Waals surface area contributed by atoms with E-state index in [1.165, 1.54) is 33.6 Å². The summed E-state index contributed by atoms with van der Waals surface area (Å²) in [6.07, 6.45) is 1.06. The molecule has 1 aromatic carbocycles. The molecule has 0 saturated carbocycles. The SMILES string of the molecule is c1cc2cc3c([nH]c-2c1)-c1ccccc1C3. The third-order valence-electron chi connectivity index (χ3n) is 3.43. The van der Waals surface area contributed by atoms with E-state index in [-0.39, 0.29) is 0 Å². The Morgan fingerprint density at radius 1 is 0.875 bits per heavy atom. The maximum absolute atomic E-state index is 3.54. The second-order valence-electron chi connectivity index (χ2n) is 4.40. The molecule has 76 valence electrons. The Labute approximate surface area is 94.1 Å². The zero-order chi connectivity index (χ0) is 10.5. The summed E-state index contributed by atoms with van der Waals surface area (Å²) in [6.45, 7) is 0. The predicted octanol–water partition coefficient (Wildman–Crippen LogP) is 3.69. The summed E-state index contributed by atoms with van der Waals surface area (Å²) in [5, 5.41) is 0.